The lowest BCUT2D eigenvalue weighted by molar-refractivity contribution is 0.436. The fourth-order valence-electron chi connectivity index (χ4n) is 1.43. The second-order valence-electron chi connectivity index (χ2n) is 4.18. The smallest absolute Gasteiger partial charge is 0.328 e. The van der Waals surface area contributed by atoms with E-state index in [-0.39, 0.29) is 17.8 Å². The Bertz CT molecular complexity index is 603. The van der Waals surface area contributed by atoms with Crippen molar-refractivity contribution in [2.75, 3.05) is 24.7 Å². The fraction of sp³-hybridized carbons (Fsp3) is 0.250. The van der Waals surface area contributed by atoms with Crippen molar-refractivity contribution in [2.24, 2.45) is 0 Å². The second kappa shape index (κ2) is 5.05. The van der Waals surface area contributed by atoms with Gasteiger partial charge in [-0.25, -0.2) is 4.39 Å². The summed E-state index contributed by atoms with van der Waals surface area (Å²) in [5.41, 5.74) is 6.23. The number of aromatic nitrogens is 3. The first-order valence-electron chi connectivity index (χ1n) is 5.58. The van der Waals surface area contributed by atoms with Crippen LogP contribution in [0.15, 0.2) is 18.2 Å². The van der Waals surface area contributed by atoms with Crippen molar-refractivity contribution >= 4 is 11.9 Å². The number of hydrogen-bond acceptors (Lipinski definition) is 6. The summed E-state index contributed by atoms with van der Waals surface area (Å²) in [6, 6.07) is 4.26. The van der Waals surface area contributed by atoms with Crippen molar-refractivity contribution in [1.29, 1.82) is 0 Å². The van der Waals surface area contributed by atoms with E-state index in [2.05, 4.69) is 15.0 Å². The minimum absolute atomic E-state index is 0.0634. The molecular formula is C12H14FN5O. The molecule has 1 aromatic carbocycles. The van der Waals surface area contributed by atoms with Crippen LogP contribution in [0.3, 0.4) is 0 Å². The van der Waals surface area contributed by atoms with Crippen LogP contribution < -0.4 is 15.4 Å². The van der Waals surface area contributed by atoms with E-state index in [1.807, 2.05) is 0 Å². The number of hydrogen-bond donors (Lipinski definition) is 1. The first kappa shape index (κ1) is 13.0. The highest BCUT2D eigenvalue weighted by Crippen LogP contribution is 2.24. The first-order chi connectivity index (χ1) is 8.95. The molecule has 0 fully saturated rings. The van der Waals surface area contributed by atoms with Gasteiger partial charge in [-0.1, -0.05) is 0 Å². The molecule has 0 amide bonds. The van der Waals surface area contributed by atoms with Crippen LogP contribution in [0.5, 0.6) is 11.8 Å². The summed E-state index contributed by atoms with van der Waals surface area (Å²) in [5.74, 6) is 0.599. The summed E-state index contributed by atoms with van der Waals surface area (Å²) in [6.45, 7) is 1.73. The zero-order valence-corrected chi connectivity index (χ0v) is 10.9. The maximum atomic E-state index is 13.0. The second-order valence-corrected chi connectivity index (χ2v) is 4.18. The van der Waals surface area contributed by atoms with E-state index in [0.29, 0.717) is 17.3 Å². The predicted octanol–water partition coefficient (Wildman–Crippen LogP) is 1.76. The number of rotatable bonds is 3. The van der Waals surface area contributed by atoms with Gasteiger partial charge in [-0.05, 0) is 30.7 Å². The lowest BCUT2D eigenvalue weighted by Crippen LogP contribution is -2.15. The molecule has 0 unspecified atom stereocenters. The van der Waals surface area contributed by atoms with E-state index in [4.69, 9.17) is 10.5 Å². The third-order valence-electron chi connectivity index (χ3n) is 2.36. The maximum absolute atomic E-state index is 13.0. The van der Waals surface area contributed by atoms with Gasteiger partial charge in [-0.2, -0.15) is 15.0 Å². The molecule has 0 saturated heterocycles. The molecule has 1 heterocycles. The van der Waals surface area contributed by atoms with Gasteiger partial charge in [0.25, 0.3) is 0 Å². The van der Waals surface area contributed by atoms with E-state index >= 15 is 0 Å². The van der Waals surface area contributed by atoms with Gasteiger partial charge in [0, 0.05) is 14.1 Å². The maximum Gasteiger partial charge on any atom is 0.328 e. The van der Waals surface area contributed by atoms with E-state index in [0.717, 1.165) is 0 Å². The highest BCUT2D eigenvalue weighted by molar-refractivity contribution is 5.38. The van der Waals surface area contributed by atoms with Crippen LogP contribution in [0, 0.1) is 12.7 Å². The standard InChI is InChI=1S/C12H14FN5O/c1-7-6-8(13)4-5-9(7)19-12-16-10(14)15-11(17-12)18(2)3/h4-6H,1-3H3,(H2,14,15,16,17). The Kier molecular flexibility index (Phi) is 3.46. The van der Waals surface area contributed by atoms with E-state index in [9.17, 15) is 4.39 Å². The van der Waals surface area contributed by atoms with Gasteiger partial charge in [-0.15, -0.1) is 0 Å². The van der Waals surface area contributed by atoms with Gasteiger partial charge in [0.2, 0.25) is 11.9 Å². The molecule has 19 heavy (non-hydrogen) atoms. The highest BCUT2D eigenvalue weighted by atomic mass is 19.1. The van der Waals surface area contributed by atoms with Gasteiger partial charge in [-0.3, -0.25) is 0 Å². The predicted molar refractivity (Wildman–Crippen MR) is 69.8 cm³/mol. The molecule has 2 aromatic rings. The van der Waals surface area contributed by atoms with Crippen molar-refractivity contribution in [1.82, 2.24) is 15.0 Å². The van der Waals surface area contributed by atoms with Crippen LogP contribution in [0.2, 0.25) is 0 Å². The first-order valence-corrected chi connectivity index (χ1v) is 5.58. The number of benzene rings is 1. The summed E-state index contributed by atoms with van der Waals surface area (Å²) in [7, 11) is 3.56. The third-order valence-corrected chi connectivity index (χ3v) is 2.36. The number of ether oxygens (including phenoxy) is 1. The molecule has 6 nitrogen and oxygen atoms in total. The van der Waals surface area contributed by atoms with Crippen molar-refractivity contribution in [3.05, 3.63) is 29.6 Å². The van der Waals surface area contributed by atoms with Gasteiger partial charge in [0.05, 0.1) is 0 Å². The summed E-state index contributed by atoms with van der Waals surface area (Å²) in [6.07, 6.45) is 0. The zero-order valence-electron chi connectivity index (χ0n) is 10.9. The molecule has 100 valence electrons. The van der Waals surface area contributed by atoms with Crippen molar-refractivity contribution in [2.45, 2.75) is 6.92 Å². The lowest BCUT2D eigenvalue weighted by atomic mass is 10.2. The molecule has 0 bridgehead atoms. The molecule has 2 rings (SSSR count). The minimum Gasteiger partial charge on any atom is -0.424 e. The Hall–Kier alpha value is -2.44. The summed E-state index contributed by atoms with van der Waals surface area (Å²) in [4.78, 5) is 13.6. The van der Waals surface area contributed by atoms with E-state index in [1.165, 1.54) is 18.2 Å². The molecule has 0 aliphatic rings. The van der Waals surface area contributed by atoms with Crippen molar-refractivity contribution < 1.29 is 9.13 Å². The number of aryl methyl sites for hydroxylation is 1. The van der Waals surface area contributed by atoms with Crippen LogP contribution in [0.25, 0.3) is 0 Å². The Balaban J connectivity index is 2.32. The monoisotopic (exact) mass is 263 g/mol. The molecule has 7 heteroatoms. The fourth-order valence-corrected chi connectivity index (χ4v) is 1.43. The average Bonchev–Trinajstić information content (AvgIpc) is 2.32. The molecule has 0 atom stereocenters. The van der Waals surface area contributed by atoms with Gasteiger partial charge in [0.1, 0.15) is 11.6 Å². The quantitative estimate of drug-likeness (QED) is 0.909. The van der Waals surface area contributed by atoms with Gasteiger partial charge >= 0.3 is 6.01 Å². The highest BCUT2D eigenvalue weighted by Gasteiger charge is 2.09. The number of halogens is 1. The van der Waals surface area contributed by atoms with Crippen LogP contribution in [-0.4, -0.2) is 29.0 Å². The molecule has 1 aromatic heterocycles. The van der Waals surface area contributed by atoms with Gasteiger partial charge in [0.15, 0.2) is 0 Å². The van der Waals surface area contributed by atoms with Crippen LogP contribution in [-0.2, 0) is 0 Å². The normalized spacial score (nSPS) is 10.3. The molecule has 0 radical (unpaired) electrons. The molecule has 0 spiro atoms. The third kappa shape index (κ3) is 3.06. The number of nitrogen functional groups attached to an aromatic ring is 1. The number of nitrogens with zero attached hydrogens (tertiary/aromatic N) is 4. The Morgan fingerprint density at radius 1 is 1.21 bits per heavy atom. The topological polar surface area (TPSA) is 77.2 Å². The molecule has 0 saturated carbocycles. The Morgan fingerprint density at radius 2 is 1.95 bits per heavy atom. The lowest BCUT2D eigenvalue weighted by Gasteiger charge is -2.12. The van der Waals surface area contributed by atoms with E-state index < -0.39 is 0 Å². The van der Waals surface area contributed by atoms with Gasteiger partial charge < -0.3 is 15.4 Å². The average molecular weight is 263 g/mol. The zero-order chi connectivity index (χ0) is 14.0. The van der Waals surface area contributed by atoms with Crippen molar-refractivity contribution in [3.8, 4) is 11.8 Å². The molecule has 2 N–H and O–H groups in total. The van der Waals surface area contributed by atoms with Crippen LogP contribution in [0.1, 0.15) is 5.56 Å². The number of anilines is 2. The molecular weight excluding hydrogens is 249 g/mol. The summed E-state index contributed by atoms with van der Waals surface area (Å²) >= 11 is 0. The minimum atomic E-state index is -0.325. The summed E-state index contributed by atoms with van der Waals surface area (Å²) in [5, 5.41) is 0. The van der Waals surface area contributed by atoms with Crippen LogP contribution in [0.4, 0.5) is 16.3 Å². The SMILES string of the molecule is Cc1cc(F)ccc1Oc1nc(N)nc(N(C)C)n1. The Morgan fingerprint density at radius 3 is 2.58 bits per heavy atom. The molecule has 0 aliphatic carbocycles. The van der Waals surface area contributed by atoms with Crippen molar-refractivity contribution in [3.63, 3.8) is 0 Å². The van der Waals surface area contributed by atoms with Crippen LogP contribution >= 0.6 is 0 Å². The number of nitrogens with two attached hydrogens (primary N) is 1. The largest absolute Gasteiger partial charge is 0.424 e. The Labute approximate surface area is 110 Å². The molecule has 0 aliphatic heterocycles. The van der Waals surface area contributed by atoms with E-state index in [1.54, 1.807) is 25.9 Å². The summed E-state index contributed by atoms with van der Waals surface area (Å²) < 4.78 is 18.5.